The Bertz CT molecular complexity index is 991. The zero-order valence-electron chi connectivity index (χ0n) is 18.0. The molecule has 4 rings (SSSR count). The van der Waals surface area contributed by atoms with Gasteiger partial charge >= 0.3 is 0 Å². The van der Waals surface area contributed by atoms with Gasteiger partial charge in [0.25, 0.3) is 0 Å². The van der Waals surface area contributed by atoms with Crippen LogP contribution in [0.2, 0.25) is 0 Å². The van der Waals surface area contributed by atoms with E-state index in [9.17, 15) is 4.79 Å². The number of hydrogen-bond acceptors (Lipinski definition) is 4. The lowest BCUT2D eigenvalue weighted by molar-refractivity contribution is -0.0147. The smallest absolute Gasteiger partial charge is 0.225 e. The number of ketones is 1. The lowest BCUT2D eigenvalue weighted by atomic mass is 9.87. The van der Waals surface area contributed by atoms with E-state index in [1.165, 1.54) is 11.1 Å². The fraction of sp³-hybridized carbons (Fsp3) is 0.346. The summed E-state index contributed by atoms with van der Waals surface area (Å²) < 4.78 is 11.0. The first-order chi connectivity index (χ1) is 14.4. The van der Waals surface area contributed by atoms with E-state index in [0.717, 1.165) is 17.5 Å². The molecule has 4 heteroatoms. The van der Waals surface area contributed by atoms with Crippen molar-refractivity contribution in [2.45, 2.75) is 42.8 Å². The van der Waals surface area contributed by atoms with Crippen molar-refractivity contribution in [3.63, 3.8) is 0 Å². The number of ether oxygens (including phenoxy) is 2. The maximum atomic E-state index is 13.1. The number of methoxy groups -OCH3 is 1. The summed E-state index contributed by atoms with van der Waals surface area (Å²) in [5.74, 6) is -0.464. The minimum Gasteiger partial charge on any atom is -0.347 e. The second kappa shape index (κ2) is 7.84. The number of carbonyl (C=O) groups excluding carboxylic acids is 1. The number of allylic oxidation sites excluding steroid dienone is 3. The molecule has 2 unspecified atom stereocenters. The van der Waals surface area contributed by atoms with Crippen molar-refractivity contribution >= 4 is 17.5 Å². The van der Waals surface area contributed by atoms with Gasteiger partial charge in [0.05, 0.1) is 0 Å². The van der Waals surface area contributed by atoms with Crippen LogP contribution in [0.1, 0.15) is 41.8 Å². The molecule has 0 saturated carbocycles. The number of thioether (sulfide) groups is 1. The first-order valence-electron chi connectivity index (χ1n) is 10.2. The van der Waals surface area contributed by atoms with E-state index < -0.39 is 10.5 Å². The van der Waals surface area contributed by atoms with E-state index in [0.29, 0.717) is 6.42 Å². The Kier molecular flexibility index (Phi) is 5.52. The Hall–Kier alpha value is -2.14. The van der Waals surface area contributed by atoms with Gasteiger partial charge in [0.1, 0.15) is 10.3 Å². The summed E-state index contributed by atoms with van der Waals surface area (Å²) in [6, 6.07) is 18.0. The van der Waals surface area contributed by atoms with Crippen LogP contribution in [0, 0.1) is 0 Å². The molecule has 2 aromatic rings. The highest BCUT2D eigenvalue weighted by Gasteiger charge is 2.66. The second-order valence-corrected chi connectivity index (χ2v) is 9.55. The Labute approximate surface area is 183 Å². The third-order valence-corrected chi connectivity index (χ3v) is 7.41. The molecule has 1 heterocycles. The molecule has 1 aliphatic heterocycles. The van der Waals surface area contributed by atoms with Crippen LogP contribution in [0.15, 0.2) is 78.4 Å². The molecule has 3 nitrogen and oxygen atoms in total. The molecule has 0 N–H and O–H groups in total. The molecule has 0 amide bonds. The van der Waals surface area contributed by atoms with Crippen molar-refractivity contribution < 1.29 is 14.3 Å². The van der Waals surface area contributed by atoms with E-state index in [2.05, 4.69) is 42.5 Å². The van der Waals surface area contributed by atoms with Gasteiger partial charge in [-0.1, -0.05) is 72.8 Å². The molecule has 30 heavy (non-hydrogen) atoms. The molecule has 0 spiro atoms. The number of benzene rings is 2. The zero-order chi connectivity index (χ0) is 21.4. The SMILES string of the molecule is COC1(c2ccc(CC3=CCC(SC)(C(=O)c4ccccc4)C=C3)cc2)OC1(C)C. The maximum Gasteiger partial charge on any atom is 0.225 e. The fourth-order valence-electron chi connectivity index (χ4n) is 4.26. The van der Waals surface area contributed by atoms with Gasteiger partial charge in [0.15, 0.2) is 5.78 Å². The Morgan fingerprint density at radius 1 is 1.10 bits per heavy atom. The number of rotatable bonds is 7. The summed E-state index contributed by atoms with van der Waals surface area (Å²) in [5, 5.41) is 0. The first-order valence-corrected chi connectivity index (χ1v) is 11.5. The highest BCUT2D eigenvalue weighted by Crippen LogP contribution is 2.55. The monoisotopic (exact) mass is 420 g/mol. The number of Topliss-reactive ketones (excluding diaryl/α,β-unsaturated/α-hetero) is 1. The summed E-state index contributed by atoms with van der Waals surface area (Å²) in [6.07, 6.45) is 9.95. The van der Waals surface area contributed by atoms with Crippen molar-refractivity contribution in [2.24, 2.45) is 0 Å². The van der Waals surface area contributed by atoms with E-state index >= 15 is 0 Å². The van der Waals surface area contributed by atoms with Crippen LogP contribution in [-0.4, -0.2) is 29.5 Å². The summed E-state index contributed by atoms with van der Waals surface area (Å²) in [4.78, 5) is 13.1. The Morgan fingerprint density at radius 3 is 2.27 bits per heavy atom. The van der Waals surface area contributed by atoms with Gasteiger partial charge in [0, 0.05) is 18.2 Å². The van der Waals surface area contributed by atoms with Gasteiger partial charge in [0.2, 0.25) is 5.79 Å². The normalized spacial score (nSPS) is 26.9. The van der Waals surface area contributed by atoms with Crippen molar-refractivity contribution in [3.05, 3.63) is 95.1 Å². The minimum absolute atomic E-state index is 0.170. The van der Waals surface area contributed by atoms with Crippen LogP contribution in [0.25, 0.3) is 0 Å². The lowest BCUT2D eigenvalue weighted by Crippen LogP contribution is -2.33. The lowest BCUT2D eigenvalue weighted by Gasteiger charge is -2.29. The van der Waals surface area contributed by atoms with Crippen LogP contribution >= 0.6 is 11.8 Å². The van der Waals surface area contributed by atoms with E-state index in [1.54, 1.807) is 18.9 Å². The number of carbonyl (C=O) groups is 1. The summed E-state index contributed by atoms with van der Waals surface area (Å²) in [5.41, 5.74) is 3.97. The van der Waals surface area contributed by atoms with Crippen molar-refractivity contribution in [2.75, 3.05) is 13.4 Å². The van der Waals surface area contributed by atoms with Gasteiger partial charge in [-0.2, -0.15) is 0 Å². The predicted octanol–water partition coefficient (Wildman–Crippen LogP) is 5.71. The summed E-state index contributed by atoms with van der Waals surface area (Å²) in [7, 11) is 1.69. The van der Waals surface area contributed by atoms with Gasteiger partial charge in [-0.15, -0.1) is 11.8 Å². The molecular weight excluding hydrogens is 392 g/mol. The average Bonchev–Trinajstić information content (AvgIpc) is 3.37. The minimum atomic E-state index is -0.634. The Balaban J connectivity index is 1.45. The summed E-state index contributed by atoms with van der Waals surface area (Å²) >= 11 is 1.61. The molecule has 1 fully saturated rings. The Morgan fingerprint density at radius 2 is 1.77 bits per heavy atom. The molecular formula is C26H28O3S. The number of hydrogen-bond donors (Lipinski definition) is 0. The van der Waals surface area contributed by atoms with Gasteiger partial charge < -0.3 is 9.47 Å². The molecule has 2 aromatic carbocycles. The van der Waals surface area contributed by atoms with Crippen LogP contribution < -0.4 is 0 Å². The standard InChI is InChI=1S/C26H28O3S/c1-24(2)26(28-3,29-24)22-12-10-19(11-13-22)18-20-14-16-25(30-4,17-15-20)23(27)21-8-6-5-7-9-21/h5-16H,17-18H2,1-4H3. The van der Waals surface area contributed by atoms with Crippen molar-refractivity contribution in [3.8, 4) is 0 Å². The van der Waals surface area contributed by atoms with Gasteiger partial charge in [-0.3, -0.25) is 4.79 Å². The van der Waals surface area contributed by atoms with E-state index in [1.807, 2.05) is 50.4 Å². The number of epoxide rings is 1. The van der Waals surface area contributed by atoms with Crippen LogP contribution in [0.4, 0.5) is 0 Å². The maximum absolute atomic E-state index is 13.1. The molecule has 0 bridgehead atoms. The third-order valence-electron chi connectivity index (χ3n) is 6.20. The largest absolute Gasteiger partial charge is 0.347 e. The zero-order valence-corrected chi connectivity index (χ0v) is 18.8. The molecule has 2 aliphatic rings. The second-order valence-electron chi connectivity index (χ2n) is 8.41. The topological polar surface area (TPSA) is 38.8 Å². The third kappa shape index (κ3) is 3.58. The van der Waals surface area contributed by atoms with E-state index in [-0.39, 0.29) is 11.4 Å². The molecule has 1 saturated heterocycles. The van der Waals surface area contributed by atoms with Crippen molar-refractivity contribution in [1.29, 1.82) is 0 Å². The highest BCUT2D eigenvalue weighted by atomic mass is 32.2. The molecule has 0 radical (unpaired) electrons. The quantitative estimate of drug-likeness (QED) is 0.425. The van der Waals surface area contributed by atoms with Crippen molar-refractivity contribution in [1.82, 2.24) is 0 Å². The predicted molar refractivity (Wildman–Crippen MR) is 123 cm³/mol. The fourth-order valence-corrected chi connectivity index (χ4v) is 5.02. The molecule has 156 valence electrons. The van der Waals surface area contributed by atoms with Gasteiger partial charge in [-0.05, 0) is 44.1 Å². The van der Waals surface area contributed by atoms with E-state index in [4.69, 9.17) is 9.47 Å². The van der Waals surface area contributed by atoms with Crippen LogP contribution in [-0.2, 0) is 21.7 Å². The molecule has 2 atom stereocenters. The van der Waals surface area contributed by atoms with Crippen LogP contribution in [0.3, 0.4) is 0 Å². The summed E-state index contributed by atoms with van der Waals surface area (Å²) in [6.45, 7) is 4.08. The molecule has 1 aliphatic carbocycles. The average molecular weight is 421 g/mol. The van der Waals surface area contributed by atoms with Gasteiger partial charge in [-0.25, -0.2) is 0 Å². The first kappa shape index (κ1) is 21.1. The molecule has 0 aromatic heterocycles. The van der Waals surface area contributed by atoms with Crippen LogP contribution in [0.5, 0.6) is 0 Å². The highest BCUT2D eigenvalue weighted by molar-refractivity contribution is 8.01.